The first kappa shape index (κ1) is 10.7. The average molecular weight is 291 g/mol. The van der Waals surface area contributed by atoms with E-state index in [4.69, 9.17) is 4.74 Å². The van der Waals surface area contributed by atoms with Crippen LogP contribution in [0.4, 0.5) is 5.69 Å². The van der Waals surface area contributed by atoms with Crippen molar-refractivity contribution >= 4 is 38.6 Å². The fourth-order valence-corrected chi connectivity index (χ4v) is 2.43. The second-order valence-electron chi connectivity index (χ2n) is 3.99. The van der Waals surface area contributed by atoms with E-state index in [1.54, 1.807) is 0 Å². The van der Waals surface area contributed by atoms with Crippen LogP contribution in [-0.2, 0) is 4.79 Å². The molecule has 0 aromatic heterocycles. The van der Waals surface area contributed by atoms with Gasteiger partial charge in [-0.3, -0.25) is 0 Å². The molecule has 0 saturated heterocycles. The number of rotatable bonds is 0. The second-order valence-corrected chi connectivity index (χ2v) is 5.07. The molecular weight excluding hydrogens is 281 g/mol. The van der Waals surface area contributed by atoms with Gasteiger partial charge in [-0.1, -0.05) is 0 Å². The molecule has 2 heterocycles. The van der Waals surface area contributed by atoms with Crippen molar-refractivity contribution < 1.29 is 9.53 Å². The zero-order valence-corrected chi connectivity index (χ0v) is 11.1. The van der Waals surface area contributed by atoms with Crippen LogP contribution in [0.25, 0.3) is 0 Å². The van der Waals surface area contributed by atoms with Gasteiger partial charge in [0.2, 0.25) is 0 Å². The van der Waals surface area contributed by atoms with Gasteiger partial charge in [0.15, 0.2) is 0 Å². The van der Waals surface area contributed by atoms with E-state index in [0.29, 0.717) is 6.61 Å². The minimum absolute atomic E-state index is 0.0994. The third-order valence-corrected chi connectivity index (χ3v) is 3.48. The summed E-state index contributed by atoms with van der Waals surface area (Å²) < 4.78 is 6.67. The summed E-state index contributed by atoms with van der Waals surface area (Å²) in [4.78, 5) is 13.6. The van der Waals surface area contributed by atoms with Gasteiger partial charge in [0.25, 0.3) is 0 Å². The Labute approximate surface area is 107 Å². The Bertz CT molecular complexity index is 529. The Hall–Kier alpha value is -1.48. The van der Waals surface area contributed by atoms with Gasteiger partial charge in [0, 0.05) is 0 Å². The molecule has 1 amide bonds. The normalized spacial score (nSPS) is 22.0. The fourth-order valence-electron chi connectivity index (χ4n) is 2.02. The van der Waals surface area contributed by atoms with E-state index in [1.807, 2.05) is 30.0 Å². The van der Waals surface area contributed by atoms with Crippen molar-refractivity contribution in [1.29, 1.82) is 0 Å². The Morgan fingerprint density at radius 2 is 2.41 bits per heavy atom. The number of benzene rings is 1. The molecule has 0 aliphatic carbocycles. The van der Waals surface area contributed by atoms with Crippen molar-refractivity contribution in [3.05, 3.63) is 18.2 Å². The van der Waals surface area contributed by atoms with Crippen molar-refractivity contribution in [2.45, 2.75) is 13.0 Å². The van der Waals surface area contributed by atoms with Crippen LogP contribution < -0.4 is 19.4 Å². The van der Waals surface area contributed by atoms with Gasteiger partial charge in [-0.05, 0) is 0 Å². The predicted molar refractivity (Wildman–Crippen MR) is 64.8 cm³/mol. The Morgan fingerprint density at radius 3 is 3.24 bits per heavy atom. The molecule has 1 unspecified atom stereocenters. The summed E-state index contributed by atoms with van der Waals surface area (Å²) in [6.07, 6.45) is 0. The Kier molecular flexibility index (Phi) is 2.37. The van der Waals surface area contributed by atoms with Crippen molar-refractivity contribution in [3.8, 4) is 5.75 Å². The number of anilines is 1. The molecule has 1 aromatic carbocycles. The van der Waals surface area contributed by atoms with Crippen LogP contribution in [0.15, 0.2) is 23.3 Å². The third-order valence-electron chi connectivity index (χ3n) is 2.90. The first-order chi connectivity index (χ1) is 8.16. The van der Waals surface area contributed by atoms with Gasteiger partial charge in [-0.2, -0.15) is 0 Å². The summed E-state index contributed by atoms with van der Waals surface area (Å²) in [5.74, 6) is 1.43. The summed E-state index contributed by atoms with van der Waals surface area (Å²) in [6.45, 7) is 2.24. The van der Waals surface area contributed by atoms with E-state index >= 15 is 0 Å². The van der Waals surface area contributed by atoms with Crippen LogP contribution in [-0.4, -0.2) is 41.2 Å². The van der Waals surface area contributed by atoms with Gasteiger partial charge in [-0.15, -0.1) is 0 Å². The summed E-state index contributed by atoms with van der Waals surface area (Å²) in [5.41, 5.74) is 3.40. The SMILES string of the molecule is CC1C(=O)NN=C2COc3ccc([As])cc3N21. The summed E-state index contributed by atoms with van der Waals surface area (Å²) in [5, 5.41) is 4.02. The zero-order valence-electron chi connectivity index (χ0n) is 9.17. The minimum atomic E-state index is -0.264. The number of nitrogens with one attached hydrogen (secondary N) is 1. The van der Waals surface area contributed by atoms with E-state index in [1.165, 1.54) is 0 Å². The van der Waals surface area contributed by atoms with Crippen LogP contribution in [0, 0.1) is 0 Å². The molecule has 2 radical (unpaired) electrons. The molecule has 2 aliphatic rings. The van der Waals surface area contributed by atoms with Gasteiger partial charge in [0.05, 0.1) is 0 Å². The summed E-state index contributed by atoms with van der Waals surface area (Å²) in [6, 6.07) is 5.60. The van der Waals surface area contributed by atoms with Crippen LogP contribution in [0.2, 0.25) is 0 Å². The average Bonchev–Trinajstić information content (AvgIpc) is 2.33. The molecule has 0 spiro atoms. The second kappa shape index (κ2) is 3.77. The fraction of sp³-hybridized carbons (Fsp3) is 0.273. The maximum atomic E-state index is 11.6. The van der Waals surface area contributed by atoms with Gasteiger partial charge in [-0.25, -0.2) is 0 Å². The van der Waals surface area contributed by atoms with Crippen LogP contribution in [0.3, 0.4) is 0 Å². The number of fused-ring (bicyclic) bond motifs is 3. The summed E-state index contributed by atoms with van der Waals surface area (Å²) in [7, 11) is 0. The van der Waals surface area contributed by atoms with E-state index in [-0.39, 0.29) is 11.9 Å². The molecule has 86 valence electrons. The number of hydrogen-bond donors (Lipinski definition) is 1. The molecule has 2 aliphatic heterocycles. The van der Waals surface area contributed by atoms with E-state index in [2.05, 4.69) is 27.4 Å². The van der Waals surface area contributed by atoms with E-state index < -0.39 is 0 Å². The molecule has 0 fully saturated rings. The van der Waals surface area contributed by atoms with Crippen molar-refractivity contribution in [2.24, 2.45) is 5.10 Å². The molecule has 5 nitrogen and oxygen atoms in total. The number of ether oxygens (including phenoxy) is 1. The monoisotopic (exact) mass is 291 g/mol. The molecule has 6 heteroatoms. The number of amides is 1. The van der Waals surface area contributed by atoms with Crippen LogP contribution in [0.1, 0.15) is 6.92 Å². The van der Waals surface area contributed by atoms with Crippen molar-refractivity contribution in [3.63, 3.8) is 0 Å². The predicted octanol–water partition coefficient (Wildman–Crippen LogP) is -0.489. The number of carbonyl (C=O) groups is 1. The third kappa shape index (κ3) is 1.62. The van der Waals surface area contributed by atoms with Gasteiger partial charge in [0.1, 0.15) is 0 Å². The quantitative estimate of drug-likeness (QED) is 0.656. The molecule has 0 saturated carbocycles. The number of hydrazone groups is 1. The molecule has 1 N–H and O–H groups in total. The molecule has 17 heavy (non-hydrogen) atoms. The van der Waals surface area contributed by atoms with Crippen LogP contribution >= 0.6 is 0 Å². The zero-order chi connectivity index (χ0) is 12.0. The van der Waals surface area contributed by atoms with Crippen molar-refractivity contribution in [1.82, 2.24) is 5.43 Å². The first-order valence-electron chi connectivity index (χ1n) is 5.28. The molecule has 3 rings (SSSR count). The number of nitrogens with zero attached hydrogens (tertiary/aromatic N) is 2. The topological polar surface area (TPSA) is 53.9 Å². The number of carbonyl (C=O) groups excluding carboxylic acids is 1. The first-order valence-corrected chi connectivity index (χ1v) is 6.22. The van der Waals surface area contributed by atoms with E-state index in [0.717, 1.165) is 21.6 Å². The standard InChI is InChI=1S/C11H10AsN3O2/c1-6-11(16)14-13-10-5-17-9-3-2-7(12)4-8(9)15(6)10/h2-4,6H,5H2,1H3,(H,14,16). The van der Waals surface area contributed by atoms with Crippen molar-refractivity contribution in [2.75, 3.05) is 11.5 Å². The van der Waals surface area contributed by atoms with Gasteiger partial charge < -0.3 is 0 Å². The molecule has 1 atom stereocenters. The molecule has 0 bridgehead atoms. The maximum absolute atomic E-state index is 11.6. The van der Waals surface area contributed by atoms with Gasteiger partial charge >= 0.3 is 107 Å². The number of hydrogen-bond acceptors (Lipinski definition) is 4. The Morgan fingerprint density at radius 1 is 1.59 bits per heavy atom. The van der Waals surface area contributed by atoms with E-state index in [9.17, 15) is 4.79 Å². The number of amidine groups is 1. The van der Waals surface area contributed by atoms with Crippen LogP contribution in [0.5, 0.6) is 5.75 Å². The molecule has 1 aromatic rings. The Balaban J connectivity index is 2.14. The summed E-state index contributed by atoms with van der Waals surface area (Å²) >= 11 is 2.48. The molecular formula is C11H10AsN3O2.